The Kier molecular flexibility index (Phi) is 8.17. The third-order valence-electron chi connectivity index (χ3n) is 7.02. The molecule has 0 spiro atoms. The monoisotopic (exact) mass is 519 g/mol. The fraction of sp³-hybridized carbons (Fsp3) is 0.290. The summed E-state index contributed by atoms with van der Waals surface area (Å²) < 4.78 is 41.3. The van der Waals surface area contributed by atoms with E-state index in [1.54, 1.807) is 12.3 Å². The standard InChI is InChI=1S/C31H32F3N3O/c1-5-24(13-12-22(3)36-17-6-7-18-36)21(2)11-15-28-23(4)30-25(20-35-28)14-16-29(38)37(30)27-10-8-9-26(19-27)31(32,33)34/h5,8-16,19-20,22H,4,6-7,17-18H2,1-3H3/b13-12-,21-11+,24-5+,28-15+. The van der Waals surface area contributed by atoms with Crippen LogP contribution >= 0.6 is 0 Å². The van der Waals surface area contributed by atoms with Crippen LogP contribution in [0.15, 0.2) is 82.8 Å². The molecule has 4 rings (SSSR count). The lowest BCUT2D eigenvalue weighted by Crippen LogP contribution is -2.32. The number of nitrogens with zero attached hydrogens (tertiary/aromatic N) is 3. The molecule has 3 heterocycles. The minimum absolute atomic E-state index is 0.123. The Balaban J connectivity index is 1.75. The van der Waals surface area contributed by atoms with Crippen molar-refractivity contribution in [1.82, 2.24) is 14.5 Å². The first-order chi connectivity index (χ1) is 18.1. The molecule has 0 aliphatic carbocycles. The Morgan fingerprint density at radius 2 is 1.89 bits per heavy atom. The van der Waals surface area contributed by atoms with Crippen molar-refractivity contribution in [2.24, 2.45) is 0 Å². The second-order valence-electron chi connectivity index (χ2n) is 9.58. The molecule has 1 aliphatic rings. The van der Waals surface area contributed by atoms with E-state index in [4.69, 9.17) is 0 Å². The summed E-state index contributed by atoms with van der Waals surface area (Å²) in [6, 6.07) is 8.04. The lowest BCUT2D eigenvalue weighted by Gasteiger charge is -2.20. The topological polar surface area (TPSA) is 38.1 Å². The molecule has 1 aromatic carbocycles. The molecule has 4 nitrogen and oxygen atoms in total. The Hall–Kier alpha value is -3.71. The summed E-state index contributed by atoms with van der Waals surface area (Å²) >= 11 is 0. The number of hydrogen-bond acceptors (Lipinski definition) is 3. The van der Waals surface area contributed by atoms with E-state index in [1.165, 1.54) is 35.6 Å². The Morgan fingerprint density at radius 3 is 2.58 bits per heavy atom. The van der Waals surface area contributed by atoms with Crippen molar-refractivity contribution in [3.8, 4) is 5.69 Å². The number of allylic oxidation sites excluding steroid dienone is 5. The quantitative estimate of drug-likeness (QED) is 0.402. The van der Waals surface area contributed by atoms with E-state index in [9.17, 15) is 18.0 Å². The number of aromatic nitrogens is 2. The number of halogens is 3. The van der Waals surface area contributed by atoms with Crippen molar-refractivity contribution >= 4 is 23.6 Å². The predicted octanol–water partition coefficient (Wildman–Crippen LogP) is 5.53. The van der Waals surface area contributed by atoms with Crippen LogP contribution in [0.1, 0.15) is 39.2 Å². The highest BCUT2D eigenvalue weighted by Crippen LogP contribution is 2.30. The van der Waals surface area contributed by atoms with Crippen molar-refractivity contribution in [2.75, 3.05) is 13.1 Å². The molecule has 3 aromatic rings. The highest BCUT2D eigenvalue weighted by molar-refractivity contribution is 5.80. The zero-order chi connectivity index (χ0) is 27.4. The molecule has 1 unspecified atom stereocenters. The molecule has 38 heavy (non-hydrogen) atoms. The van der Waals surface area contributed by atoms with Gasteiger partial charge in [0, 0.05) is 34.6 Å². The first-order valence-electron chi connectivity index (χ1n) is 12.7. The zero-order valence-corrected chi connectivity index (χ0v) is 21.9. The van der Waals surface area contributed by atoms with Gasteiger partial charge in [-0.15, -0.1) is 0 Å². The molecule has 7 heteroatoms. The van der Waals surface area contributed by atoms with E-state index in [-0.39, 0.29) is 5.69 Å². The van der Waals surface area contributed by atoms with Gasteiger partial charge in [0.25, 0.3) is 5.56 Å². The minimum atomic E-state index is -4.52. The zero-order valence-electron chi connectivity index (χ0n) is 21.9. The molecule has 1 fully saturated rings. The number of fused-ring (bicyclic) bond motifs is 1. The molecule has 1 saturated heterocycles. The molecule has 2 aromatic heterocycles. The van der Waals surface area contributed by atoms with Gasteiger partial charge >= 0.3 is 6.18 Å². The highest BCUT2D eigenvalue weighted by atomic mass is 19.4. The van der Waals surface area contributed by atoms with Crippen molar-refractivity contribution in [3.05, 3.63) is 105 Å². The summed E-state index contributed by atoms with van der Waals surface area (Å²) in [6.45, 7) is 12.6. The Labute approximate surface area is 220 Å². The van der Waals surface area contributed by atoms with Gasteiger partial charge < -0.3 is 0 Å². The average Bonchev–Trinajstić information content (AvgIpc) is 3.43. The highest BCUT2D eigenvalue weighted by Gasteiger charge is 2.30. The number of benzene rings is 1. The van der Waals surface area contributed by atoms with Gasteiger partial charge in [0.15, 0.2) is 0 Å². The number of likely N-dealkylation sites (tertiary alicyclic amines) is 1. The van der Waals surface area contributed by atoms with Gasteiger partial charge in [-0.1, -0.05) is 36.9 Å². The number of pyridine rings is 2. The van der Waals surface area contributed by atoms with Crippen LogP contribution < -0.4 is 16.1 Å². The van der Waals surface area contributed by atoms with Gasteiger partial charge in [-0.05, 0) is 88.2 Å². The summed E-state index contributed by atoms with van der Waals surface area (Å²) in [5.41, 5.74) is 1.39. The van der Waals surface area contributed by atoms with Crippen molar-refractivity contribution < 1.29 is 13.2 Å². The first-order valence-corrected chi connectivity index (χ1v) is 12.7. The molecule has 198 valence electrons. The lowest BCUT2D eigenvalue weighted by atomic mass is 10.1. The molecule has 0 saturated carbocycles. The van der Waals surface area contributed by atoms with Crippen LogP contribution in [0.2, 0.25) is 0 Å². The van der Waals surface area contributed by atoms with Crippen LogP contribution in [-0.2, 0) is 6.18 Å². The van der Waals surface area contributed by atoms with Crippen LogP contribution in [0, 0.1) is 0 Å². The van der Waals surface area contributed by atoms with Gasteiger partial charge in [0.2, 0.25) is 0 Å². The van der Waals surface area contributed by atoms with Crippen molar-refractivity contribution in [3.63, 3.8) is 0 Å². The third kappa shape index (κ3) is 5.89. The summed E-state index contributed by atoms with van der Waals surface area (Å²) in [5, 5.41) is 1.60. The van der Waals surface area contributed by atoms with Crippen LogP contribution in [0.4, 0.5) is 13.2 Å². The summed E-state index contributed by atoms with van der Waals surface area (Å²) in [5.74, 6) is 0. The fourth-order valence-corrected chi connectivity index (χ4v) is 4.80. The van der Waals surface area contributed by atoms with E-state index in [0.29, 0.717) is 27.5 Å². The van der Waals surface area contributed by atoms with Crippen LogP contribution in [0.3, 0.4) is 0 Å². The van der Waals surface area contributed by atoms with Gasteiger partial charge in [-0.25, -0.2) is 0 Å². The van der Waals surface area contributed by atoms with Gasteiger partial charge in [-0.2, -0.15) is 13.2 Å². The van der Waals surface area contributed by atoms with Gasteiger partial charge in [0.05, 0.1) is 16.4 Å². The van der Waals surface area contributed by atoms with Crippen molar-refractivity contribution in [2.45, 2.75) is 45.8 Å². The predicted molar refractivity (Wildman–Crippen MR) is 149 cm³/mol. The van der Waals surface area contributed by atoms with Crippen molar-refractivity contribution in [1.29, 1.82) is 0 Å². The van der Waals surface area contributed by atoms with Gasteiger partial charge in [0.1, 0.15) is 0 Å². The maximum absolute atomic E-state index is 13.4. The molecular formula is C31H32F3N3O. The van der Waals surface area contributed by atoms with E-state index in [0.717, 1.165) is 36.4 Å². The largest absolute Gasteiger partial charge is 0.416 e. The second-order valence-corrected chi connectivity index (χ2v) is 9.58. The van der Waals surface area contributed by atoms with E-state index < -0.39 is 17.3 Å². The molecule has 0 amide bonds. The normalized spacial score (nSPS) is 17.2. The number of alkyl halides is 3. The summed E-state index contributed by atoms with van der Waals surface area (Å²) in [4.78, 5) is 19.8. The molecule has 1 atom stereocenters. The Morgan fingerprint density at radius 1 is 1.16 bits per heavy atom. The first kappa shape index (κ1) is 27.3. The molecule has 0 bridgehead atoms. The second kappa shape index (κ2) is 11.4. The molecule has 0 N–H and O–H groups in total. The van der Waals surface area contributed by atoms with Crippen LogP contribution in [0.25, 0.3) is 29.2 Å². The molecule has 1 aliphatic heterocycles. The minimum Gasteiger partial charge on any atom is -0.297 e. The van der Waals surface area contributed by atoms with E-state index in [2.05, 4.69) is 41.6 Å². The van der Waals surface area contributed by atoms with E-state index in [1.807, 2.05) is 26.0 Å². The summed E-state index contributed by atoms with van der Waals surface area (Å²) in [7, 11) is 0. The molecule has 0 radical (unpaired) electrons. The van der Waals surface area contributed by atoms with E-state index >= 15 is 0 Å². The maximum Gasteiger partial charge on any atom is 0.416 e. The number of hydrogen-bond donors (Lipinski definition) is 0. The van der Waals surface area contributed by atoms with Gasteiger partial charge in [-0.3, -0.25) is 19.2 Å². The maximum atomic E-state index is 13.4. The van der Waals surface area contributed by atoms with Crippen LogP contribution in [0.5, 0.6) is 0 Å². The SMILES string of the molecule is C=c1\c(=C/C=C(C)/C(/C=C\C(C)N2CCCC2)=C/C)ncc2ccc(=O)n(-c3cccc(C(F)(F)F)c3)c12. The summed E-state index contributed by atoms with van der Waals surface area (Å²) in [6.07, 6.45) is 9.75. The Bertz CT molecular complexity index is 1590. The average molecular weight is 520 g/mol. The fourth-order valence-electron chi connectivity index (χ4n) is 4.80. The third-order valence-corrected chi connectivity index (χ3v) is 7.02. The van der Waals surface area contributed by atoms with Crippen LogP contribution in [-0.4, -0.2) is 33.6 Å². The molecular weight excluding hydrogens is 487 g/mol. The smallest absolute Gasteiger partial charge is 0.297 e. The number of rotatable bonds is 6. The lowest BCUT2D eigenvalue weighted by molar-refractivity contribution is -0.137.